The molecule has 1 aromatic carbocycles. The Bertz CT molecular complexity index is 556. The second-order valence-electron chi connectivity index (χ2n) is 5.16. The number of rotatable bonds is 3. The van der Waals surface area contributed by atoms with Crippen LogP contribution in [-0.2, 0) is 0 Å². The summed E-state index contributed by atoms with van der Waals surface area (Å²) < 4.78 is 0. The third kappa shape index (κ3) is 2.81. The minimum Gasteiger partial charge on any atom is -0.341 e. The van der Waals surface area contributed by atoms with Crippen LogP contribution in [0.25, 0.3) is 10.9 Å². The van der Waals surface area contributed by atoms with Crippen molar-refractivity contribution in [3.05, 3.63) is 30.5 Å². The van der Waals surface area contributed by atoms with Crippen molar-refractivity contribution in [2.75, 3.05) is 23.9 Å². The molecule has 0 amide bonds. The molecule has 19 heavy (non-hydrogen) atoms. The molecule has 0 spiro atoms. The van der Waals surface area contributed by atoms with E-state index >= 15 is 0 Å². The van der Waals surface area contributed by atoms with E-state index in [-0.39, 0.29) is 0 Å². The van der Waals surface area contributed by atoms with Crippen molar-refractivity contribution in [2.45, 2.75) is 19.3 Å². The fourth-order valence-electron chi connectivity index (χ4n) is 2.75. The summed E-state index contributed by atoms with van der Waals surface area (Å²) in [6, 6.07) is 8.13. The molecule has 100 valence electrons. The third-order valence-electron chi connectivity index (χ3n) is 3.80. The molecule has 1 aromatic heterocycles. The van der Waals surface area contributed by atoms with Gasteiger partial charge in [0.05, 0.1) is 5.52 Å². The maximum Gasteiger partial charge on any atom is 0.225 e. The molecule has 3 nitrogen and oxygen atoms in total. The van der Waals surface area contributed by atoms with E-state index in [0.717, 1.165) is 42.2 Å². The molecule has 0 saturated carbocycles. The van der Waals surface area contributed by atoms with Gasteiger partial charge in [-0.15, -0.1) is 11.6 Å². The minimum absolute atomic E-state index is 0.682. The van der Waals surface area contributed by atoms with Crippen LogP contribution in [-0.4, -0.2) is 28.9 Å². The van der Waals surface area contributed by atoms with Gasteiger partial charge in [0.15, 0.2) is 0 Å². The van der Waals surface area contributed by atoms with Crippen LogP contribution in [0.15, 0.2) is 30.5 Å². The van der Waals surface area contributed by atoms with Crippen molar-refractivity contribution in [1.29, 1.82) is 0 Å². The van der Waals surface area contributed by atoms with Gasteiger partial charge in [0.1, 0.15) is 0 Å². The average Bonchev–Trinajstić information content (AvgIpc) is 2.47. The van der Waals surface area contributed by atoms with Crippen molar-refractivity contribution in [2.24, 2.45) is 5.92 Å². The zero-order valence-electron chi connectivity index (χ0n) is 10.9. The van der Waals surface area contributed by atoms with Gasteiger partial charge in [-0.1, -0.05) is 18.2 Å². The number of aromatic nitrogens is 2. The van der Waals surface area contributed by atoms with Crippen molar-refractivity contribution >= 4 is 28.5 Å². The number of piperidine rings is 1. The summed E-state index contributed by atoms with van der Waals surface area (Å²) in [5.41, 5.74) is 1.02. The van der Waals surface area contributed by atoms with Gasteiger partial charge in [-0.2, -0.15) is 0 Å². The normalized spacial score (nSPS) is 19.8. The lowest BCUT2D eigenvalue weighted by Gasteiger charge is -2.32. The summed E-state index contributed by atoms with van der Waals surface area (Å²) in [5.74, 6) is 2.29. The van der Waals surface area contributed by atoms with Gasteiger partial charge >= 0.3 is 0 Å². The second kappa shape index (κ2) is 5.74. The molecule has 3 rings (SSSR count). The first-order valence-electron chi connectivity index (χ1n) is 6.89. The summed E-state index contributed by atoms with van der Waals surface area (Å²) in [7, 11) is 0. The molecule has 1 aliphatic rings. The third-order valence-corrected chi connectivity index (χ3v) is 4.01. The van der Waals surface area contributed by atoms with E-state index in [1.165, 1.54) is 12.8 Å². The molecule has 2 heterocycles. The van der Waals surface area contributed by atoms with E-state index < -0.39 is 0 Å². The molecule has 2 aromatic rings. The lowest BCUT2D eigenvalue weighted by atomic mass is 9.96. The number of halogens is 1. The largest absolute Gasteiger partial charge is 0.341 e. The predicted octanol–water partition coefficient (Wildman–Crippen LogP) is 3.48. The average molecular weight is 276 g/mol. The van der Waals surface area contributed by atoms with Crippen LogP contribution < -0.4 is 4.90 Å². The molecule has 0 radical (unpaired) electrons. The fourth-order valence-corrected chi connectivity index (χ4v) is 3.06. The molecule has 0 N–H and O–H groups in total. The van der Waals surface area contributed by atoms with Crippen LogP contribution in [0.3, 0.4) is 0 Å². The van der Waals surface area contributed by atoms with E-state index in [9.17, 15) is 0 Å². The van der Waals surface area contributed by atoms with Gasteiger partial charge in [-0.05, 0) is 31.2 Å². The first-order chi connectivity index (χ1) is 9.36. The highest BCUT2D eigenvalue weighted by molar-refractivity contribution is 6.17. The zero-order valence-corrected chi connectivity index (χ0v) is 11.7. The Morgan fingerprint density at radius 1 is 1.32 bits per heavy atom. The first kappa shape index (κ1) is 12.7. The molecule has 1 fully saturated rings. The molecular formula is C15H18ClN3. The maximum absolute atomic E-state index is 5.86. The molecule has 1 unspecified atom stereocenters. The molecule has 1 aliphatic heterocycles. The Kier molecular flexibility index (Phi) is 3.83. The molecule has 0 bridgehead atoms. The van der Waals surface area contributed by atoms with E-state index in [4.69, 9.17) is 11.6 Å². The van der Waals surface area contributed by atoms with Gasteiger partial charge in [0.25, 0.3) is 0 Å². The number of para-hydroxylation sites is 1. The molecule has 1 atom stereocenters. The number of benzene rings is 1. The first-order valence-corrected chi connectivity index (χ1v) is 7.43. The van der Waals surface area contributed by atoms with E-state index in [1.54, 1.807) is 0 Å². The Hall–Kier alpha value is -1.35. The number of hydrogen-bond acceptors (Lipinski definition) is 3. The lowest BCUT2D eigenvalue weighted by Crippen LogP contribution is -2.36. The molecular weight excluding hydrogens is 258 g/mol. The van der Waals surface area contributed by atoms with E-state index in [2.05, 4.69) is 14.9 Å². The topological polar surface area (TPSA) is 29.0 Å². The van der Waals surface area contributed by atoms with Crippen LogP contribution in [0.1, 0.15) is 19.3 Å². The SMILES string of the molecule is ClCCC1CCCN(c2ncc3ccccc3n2)C1. The Labute approximate surface area is 118 Å². The number of nitrogens with zero attached hydrogens (tertiary/aromatic N) is 3. The second-order valence-corrected chi connectivity index (χ2v) is 5.54. The molecule has 0 aliphatic carbocycles. The number of fused-ring (bicyclic) bond motifs is 1. The van der Waals surface area contributed by atoms with E-state index in [0.29, 0.717) is 5.92 Å². The summed E-state index contributed by atoms with van der Waals surface area (Å²) in [5, 5.41) is 1.10. The lowest BCUT2D eigenvalue weighted by molar-refractivity contribution is 0.403. The van der Waals surface area contributed by atoms with Crippen molar-refractivity contribution in [1.82, 2.24) is 9.97 Å². The summed E-state index contributed by atoms with van der Waals surface area (Å²) >= 11 is 5.86. The number of anilines is 1. The van der Waals surface area contributed by atoms with Crippen molar-refractivity contribution < 1.29 is 0 Å². The van der Waals surface area contributed by atoms with Crippen LogP contribution in [0.4, 0.5) is 5.95 Å². The number of alkyl halides is 1. The highest BCUT2D eigenvalue weighted by Crippen LogP contribution is 2.24. The van der Waals surface area contributed by atoms with Gasteiger partial charge in [-0.25, -0.2) is 9.97 Å². The minimum atomic E-state index is 0.682. The van der Waals surface area contributed by atoms with Gasteiger partial charge in [-0.3, -0.25) is 0 Å². The van der Waals surface area contributed by atoms with Crippen LogP contribution >= 0.6 is 11.6 Å². The quantitative estimate of drug-likeness (QED) is 0.803. The Morgan fingerprint density at radius 2 is 2.21 bits per heavy atom. The standard InChI is InChI=1S/C15H18ClN3/c16-8-7-12-4-3-9-19(11-12)15-17-10-13-5-1-2-6-14(13)18-15/h1-2,5-6,10,12H,3-4,7-9,11H2. The van der Waals surface area contributed by atoms with Gasteiger partial charge < -0.3 is 4.90 Å². The van der Waals surface area contributed by atoms with Crippen molar-refractivity contribution in [3.8, 4) is 0 Å². The predicted molar refractivity (Wildman–Crippen MR) is 79.8 cm³/mol. The highest BCUT2D eigenvalue weighted by atomic mass is 35.5. The van der Waals surface area contributed by atoms with Crippen LogP contribution in [0, 0.1) is 5.92 Å². The Morgan fingerprint density at radius 3 is 3.11 bits per heavy atom. The number of hydrogen-bond donors (Lipinski definition) is 0. The Balaban J connectivity index is 1.83. The highest BCUT2D eigenvalue weighted by Gasteiger charge is 2.21. The summed E-state index contributed by atoms with van der Waals surface area (Å²) in [6.45, 7) is 2.09. The summed E-state index contributed by atoms with van der Waals surface area (Å²) in [4.78, 5) is 11.5. The molecule has 1 saturated heterocycles. The monoisotopic (exact) mass is 275 g/mol. The van der Waals surface area contributed by atoms with Crippen LogP contribution in [0.5, 0.6) is 0 Å². The maximum atomic E-state index is 5.86. The van der Waals surface area contributed by atoms with Gasteiger partial charge in [0, 0.05) is 30.6 Å². The van der Waals surface area contributed by atoms with Gasteiger partial charge in [0.2, 0.25) is 5.95 Å². The van der Waals surface area contributed by atoms with Crippen LogP contribution in [0.2, 0.25) is 0 Å². The fraction of sp³-hybridized carbons (Fsp3) is 0.467. The molecule has 4 heteroatoms. The smallest absolute Gasteiger partial charge is 0.225 e. The summed E-state index contributed by atoms with van der Waals surface area (Å²) in [6.07, 6.45) is 5.49. The zero-order chi connectivity index (χ0) is 13.1. The van der Waals surface area contributed by atoms with E-state index in [1.807, 2.05) is 30.5 Å². The van der Waals surface area contributed by atoms with Crippen molar-refractivity contribution in [3.63, 3.8) is 0 Å².